The molecule has 1 spiro atoms. The van der Waals surface area contributed by atoms with Gasteiger partial charge in [0.25, 0.3) is 0 Å². The fraction of sp³-hybridized carbons (Fsp3) is 0.533. The number of carbonyl (C=O) groups excluding carboxylic acids is 1. The third-order valence-corrected chi connectivity index (χ3v) is 6.65. The Kier molecular flexibility index (Phi) is 4.54. The van der Waals surface area contributed by atoms with E-state index in [0.717, 1.165) is 22.5 Å². The highest BCUT2D eigenvalue weighted by molar-refractivity contribution is 7.89. The van der Waals surface area contributed by atoms with Crippen LogP contribution in [0, 0.1) is 0 Å². The van der Waals surface area contributed by atoms with Gasteiger partial charge in [0, 0.05) is 26.2 Å². The Morgan fingerprint density at radius 1 is 1.08 bits per heavy atom. The molecule has 0 atom stereocenters. The summed E-state index contributed by atoms with van der Waals surface area (Å²) in [7, 11) is -4.29. The molecule has 2 saturated heterocycles. The van der Waals surface area contributed by atoms with E-state index < -0.39 is 32.2 Å². The summed E-state index contributed by atoms with van der Waals surface area (Å²) in [6.07, 6.45) is -4.33. The van der Waals surface area contributed by atoms with Gasteiger partial charge >= 0.3 is 6.18 Å². The Balaban J connectivity index is 1.85. The van der Waals surface area contributed by atoms with Gasteiger partial charge in [-0.2, -0.15) is 17.5 Å². The Hall–Kier alpha value is -1.65. The number of carbonyl (C=O) groups is 1. The number of amides is 1. The largest absolute Gasteiger partial charge is 0.417 e. The number of nitrogens with zero attached hydrogens (tertiary/aromatic N) is 1. The fourth-order valence-electron chi connectivity index (χ4n) is 3.30. The van der Waals surface area contributed by atoms with Gasteiger partial charge in [-0.05, 0) is 25.0 Å². The van der Waals surface area contributed by atoms with Gasteiger partial charge in [-0.25, -0.2) is 8.42 Å². The van der Waals surface area contributed by atoms with E-state index in [1.807, 2.05) is 0 Å². The molecule has 3 rings (SSSR count). The summed E-state index contributed by atoms with van der Waals surface area (Å²) in [6.45, 7) is 1.04. The first-order chi connectivity index (χ1) is 11.7. The van der Waals surface area contributed by atoms with Crippen LogP contribution < -0.4 is 10.6 Å². The van der Waals surface area contributed by atoms with Crippen molar-refractivity contribution in [1.82, 2.24) is 14.9 Å². The molecular formula is C15H18F3N3O3S. The van der Waals surface area contributed by atoms with Gasteiger partial charge in [0.05, 0.1) is 10.5 Å². The van der Waals surface area contributed by atoms with Gasteiger partial charge in [-0.15, -0.1) is 0 Å². The SMILES string of the molecule is O=C1NCCNC12CCN(S(=O)(=O)c1ccccc1C(F)(F)F)CC2. The molecule has 10 heteroatoms. The molecule has 2 N–H and O–H groups in total. The predicted molar refractivity (Wildman–Crippen MR) is 83.2 cm³/mol. The minimum atomic E-state index is -4.76. The van der Waals surface area contributed by atoms with Crippen molar-refractivity contribution in [1.29, 1.82) is 0 Å². The second-order valence-corrected chi connectivity index (χ2v) is 8.07. The molecule has 1 aromatic rings. The summed E-state index contributed by atoms with van der Waals surface area (Å²) < 4.78 is 65.9. The Bertz CT molecular complexity index is 772. The average molecular weight is 377 g/mol. The smallest absolute Gasteiger partial charge is 0.353 e. The van der Waals surface area contributed by atoms with Crippen molar-refractivity contribution in [2.75, 3.05) is 26.2 Å². The van der Waals surface area contributed by atoms with E-state index in [1.165, 1.54) is 6.07 Å². The highest BCUT2D eigenvalue weighted by Crippen LogP contribution is 2.36. The second-order valence-electron chi connectivity index (χ2n) is 6.16. The molecule has 0 saturated carbocycles. The fourth-order valence-corrected chi connectivity index (χ4v) is 4.96. The minimum Gasteiger partial charge on any atom is -0.353 e. The molecule has 1 aromatic carbocycles. The molecule has 25 heavy (non-hydrogen) atoms. The standard InChI is InChI=1S/C15H18F3N3O3S/c16-15(17,18)11-3-1-2-4-12(11)25(23,24)21-9-5-14(6-10-21)13(22)19-7-8-20-14/h1-4,20H,5-10H2,(H,19,22). The van der Waals surface area contributed by atoms with Crippen LogP contribution in [0.5, 0.6) is 0 Å². The molecule has 2 aliphatic rings. The lowest BCUT2D eigenvalue weighted by Crippen LogP contribution is -2.66. The predicted octanol–water partition coefficient (Wildman–Crippen LogP) is 0.948. The van der Waals surface area contributed by atoms with Crippen LogP contribution in [0.25, 0.3) is 0 Å². The minimum absolute atomic E-state index is 0.0189. The zero-order chi connectivity index (χ0) is 18.3. The van der Waals surface area contributed by atoms with Gasteiger partial charge in [-0.1, -0.05) is 12.1 Å². The molecule has 0 radical (unpaired) electrons. The summed E-state index contributed by atoms with van der Waals surface area (Å²) in [5.41, 5.74) is -2.02. The number of hydrogen-bond donors (Lipinski definition) is 2. The van der Waals surface area contributed by atoms with Crippen molar-refractivity contribution >= 4 is 15.9 Å². The monoisotopic (exact) mass is 377 g/mol. The lowest BCUT2D eigenvalue weighted by Gasteiger charge is -2.43. The van der Waals surface area contributed by atoms with Crippen LogP contribution in [0.2, 0.25) is 0 Å². The average Bonchev–Trinajstić information content (AvgIpc) is 2.57. The zero-order valence-corrected chi connectivity index (χ0v) is 14.1. The van der Waals surface area contributed by atoms with Crippen molar-refractivity contribution in [3.8, 4) is 0 Å². The Labute approximate surface area is 143 Å². The number of benzene rings is 1. The summed E-state index contributed by atoms with van der Waals surface area (Å²) in [4.78, 5) is 11.3. The number of piperidine rings is 1. The van der Waals surface area contributed by atoms with E-state index in [4.69, 9.17) is 0 Å². The Morgan fingerprint density at radius 3 is 2.32 bits per heavy atom. The first-order valence-corrected chi connectivity index (χ1v) is 9.31. The van der Waals surface area contributed by atoms with E-state index in [-0.39, 0.29) is 31.8 Å². The molecule has 0 unspecified atom stereocenters. The number of nitrogens with one attached hydrogen (secondary N) is 2. The molecule has 0 bridgehead atoms. The summed E-state index contributed by atoms with van der Waals surface area (Å²) >= 11 is 0. The van der Waals surface area contributed by atoms with Gasteiger partial charge in [0.1, 0.15) is 5.54 Å². The van der Waals surface area contributed by atoms with Crippen LogP contribution in [-0.4, -0.2) is 50.3 Å². The number of rotatable bonds is 2. The van der Waals surface area contributed by atoms with Crippen molar-refractivity contribution < 1.29 is 26.4 Å². The molecule has 0 aromatic heterocycles. The number of alkyl halides is 3. The maximum atomic E-state index is 13.1. The van der Waals surface area contributed by atoms with Crippen molar-refractivity contribution in [3.05, 3.63) is 29.8 Å². The van der Waals surface area contributed by atoms with Crippen molar-refractivity contribution in [2.45, 2.75) is 29.5 Å². The van der Waals surface area contributed by atoms with Crippen LogP contribution in [0.3, 0.4) is 0 Å². The lowest BCUT2D eigenvalue weighted by atomic mass is 9.86. The van der Waals surface area contributed by atoms with Gasteiger partial charge < -0.3 is 10.6 Å². The van der Waals surface area contributed by atoms with Crippen LogP contribution in [0.1, 0.15) is 18.4 Å². The van der Waals surface area contributed by atoms with E-state index >= 15 is 0 Å². The number of sulfonamides is 1. The van der Waals surface area contributed by atoms with Crippen LogP contribution in [0.4, 0.5) is 13.2 Å². The van der Waals surface area contributed by atoms with Gasteiger partial charge in [0.15, 0.2) is 0 Å². The van der Waals surface area contributed by atoms with Crippen molar-refractivity contribution in [3.63, 3.8) is 0 Å². The van der Waals surface area contributed by atoms with Crippen LogP contribution in [-0.2, 0) is 21.0 Å². The maximum absolute atomic E-state index is 13.1. The molecule has 1 amide bonds. The van der Waals surface area contributed by atoms with E-state index in [2.05, 4.69) is 10.6 Å². The van der Waals surface area contributed by atoms with E-state index in [0.29, 0.717) is 13.1 Å². The van der Waals surface area contributed by atoms with E-state index in [1.54, 1.807) is 0 Å². The third kappa shape index (κ3) is 3.25. The van der Waals surface area contributed by atoms with Crippen LogP contribution >= 0.6 is 0 Å². The van der Waals surface area contributed by atoms with E-state index in [9.17, 15) is 26.4 Å². The third-order valence-electron chi connectivity index (χ3n) is 4.69. The zero-order valence-electron chi connectivity index (χ0n) is 13.3. The lowest BCUT2D eigenvalue weighted by molar-refractivity contribution is -0.139. The second kappa shape index (κ2) is 6.26. The van der Waals surface area contributed by atoms with Crippen molar-refractivity contribution in [2.24, 2.45) is 0 Å². The molecule has 0 aliphatic carbocycles. The highest BCUT2D eigenvalue weighted by Gasteiger charge is 2.46. The normalized spacial score (nSPS) is 22.0. The molecular weight excluding hydrogens is 359 g/mol. The number of halogens is 3. The topological polar surface area (TPSA) is 78.5 Å². The summed E-state index contributed by atoms with van der Waals surface area (Å²) in [6, 6.07) is 4.15. The quantitative estimate of drug-likeness (QED) is 0.804. The molecule has 2 fully saturated rings. The van der Waals surface area contributed by atoms with Crippen LogP contribution in [0.15, 0.2) is 29.2 Å². The summed E-state index contributed by atoms with van der Waals surface area (Å²) in [5, 5.41) is 5.86. The number of hydrogen-bond acceptors (Lipinski definition) is 4. The van der Waals surface area contributed by atoms with Gasteiger partial charge in [0.2, 0.25) is 15.9 Å². The highest BCUT2D eigenvalue weighted by atomic mass is 32.2. The first-order valence-electron chi connectivity index (χ1n) is 7.87. The summed E-state index contributed by atoms with van der Waals surface area (Å²) in [5.74, 6) is -0.188. The molecule has 2 aliphatic heterocycles. The van der Waals surface area contributed by atoms with Gasteiger partial charge in [-0.3, -0.25) is 4.79 Å². The molecule has 6 nitrogen and oxygen atoms in total. The molecule has 2 heterocycles. The Morgan fingerprint density at radius 2 is 1.72 bits per heavy atom. The molecule has 138 valence electrons. The first kappa shape index (κ1) is 18.2. The maximum Gasteiger partial charge on any atom is 0.417 e. The number of piperazine rings is 1.